The molecular weight excluding hydrogens is 294 g/mol. The van der Waals surface area contributed by atoms with Crippen LogP contribution in [0.3, 0.4) is 0 Å². The molecule has 0 spiro atoms. The van der Waals surface area contributed by atoms with Crippen molar-refractivity contribution >= 4 is 11.6 Å². The van der Waals surface area contributed by atoms with Gasteiger partial charge in [0.25, 0.3) is 0 Å². The van der Waals surface area contributed by atoms with E-state index in [9.17, 15) is 4.79 Å². The molecule has 23 heavy (non-hydrogen) atoms. The van der Waals surface area contributed by atoms with Crippen molar-refractivity contribution in [2.24, 2.45) is 5.92 Å². The van der Waals surface area contributed by atoms with Crippen LogP contribution in [0.25, 0.3) is 0 Å². The maximum absolute atomic E-state index is 11.7. The van der Waals surface area contributed by atoms with E-state index in [0.717, 1.165) is 24.8 Å². The summed E-state index contributed by atoms with van der Waals surface area (Å²) in [4.78, 5) is 19.5. The number of nitrogens with two attached hydrogens (primary N) is 2. The van der Waals surface area contributed by atoms with Gasteiger partial charge in [0.05, 0.1) is 12.3 Å². The molecule has 0 aromatic carbocycles. The molecule has 124 valence electrons. The summed E-state index contributed by atoms with van der Waals surface area (Å²) in [5.74, 6) is 1.15. The van der Waals surface area contributed by atoms with Gasteiger partial charge in [0.15, 0.2) is 0 Å². The van der Waals surface area contributed by atoms with Crippen molar-refractivity contribution in [3.8, 4) is 0 Å². The van der Waals surface area contributed by atoms with Crippen LogP contribution in [0, 0.1) is 5.92 Å². The number of aryl methyl sites for hydroxylation is 2. The maximum atomic E-state index is 11.7. The molecule has 2 aromatic heterocycles. The van der Waals surface area contributed by atoms with Gasteiger partial charge in [-0.1, -0.05) is 13.0 Å². The van der Waals surface area contributed by atoms with Crippen LogP contribution in [0.4, 0.5) is 11.6 Å². The van der Waals surface area contributed by atoms with Crippen LogP contribution in [0.15, 0.2) is 29.2 Å². The van der Waals surface area contributed by atoms with Gasteiger partial charge in [-0.25, -0.2) is 9.78 Å². The Labute approximate surface area is 135 Å². The average molecular weight is 317 g/mol. The number of aliphatic hydroxyl groups excluding tert-OH is 1. The topological polar surface area (TPSA) is 120 Å². The van der Waals surface area contributed by atoms with Gasteiger partial charge in [-0.3, -0.25) is 4.57 Å². The van der Waals surface area contributed by atoms with Gasteiger partial charge < -0.3 is 16.6 Å². The number of nitrogens with zero attached hydrogens (tertiary/aromatic N) is 3. The third kappa shape index (κ3) is 4.79. The van der Waals surface area contributed by atoms with Gasteiger partial charge in [0.2, 0.25) is 0 Å². The van der Waals surface area contributed by atoms with Crippen LogP contribution in [-0.4, -0.2) is 19.6 Å². The first-order valence-corrected chi connectivity index (χ1v) is 7.67. The van der Waals surface area contributed by atoms with Crippen LogP contribution < -0.4 is 17.2 Å². The SMILES string of the molecule is CC(CCc1ccc(CO)nc1N)CCn1ccc(N)nc1=O. The minimum Gasteiger partial charge on any atom is -0.390 e. The van der Waals surface area contributed by atoms with Crippen LogP contribution in [0.5, 0.6) is 0 Å². The largest absolute Gasteiger partial charge is 0.390 e. The third-order valence-electron chi connectivity index (χ3n) is 3.90. The van der Waals surface area contributed by atoms with Crippen molar-refractivity contribution < 1.29 is 5.11 Å². The Kier molecular flexibility index (Phi) is 5.70. The van der Waals surface area contributed by atoms with Crippen LogP contribution in [0.2, 0.25) is 0 Å². The third-order valence-corrected chi connectivity index (χ3v) is 3.90. The van der Waals surface area contributed by atoms with Crippen molar-refractivity contribution in [3.05, 3.63) is 46.1 Å². The molecule has 0 aliphatic heterocycles. The number of nitrogen functional groups attached to an aromatic ring is 2. The molecule has 0 aliphatic carbocycles. The quantitative estimate of drug-likeness (QED) is 0.699. The van der Waals surface area contributed by atoms with Crippen molar-refractivity contribution in [2.45, 2.75) is 39.3 Å². The van der Waals surface area contributed by atoms with Crippen molar-refractivity contribution in [1.29, 1.82) is 0 Å². The Bertz CT molecular complexity index is 714. The van der Waals surface area contributed by atoms with Gasteiger partial charge in [-0.05, 0) is 42.9 Å². The van der Waals surface area contributed by atoms with Gasteiger partial charge in [0, 0.05) is 12.7 Å². The van der Waals surface area contributed by atoms with Gasteiger partial charge in [-0.15, -0.1) is 0 Å². The smallest absolute Gasteiger partial charge is 0.349 e. The predicted octanol–water partition coefficient (Wildman–Crippen LogP) is 0.954. The predicted molar refractivity (Wildman–Crippen MR) is 89.6 cm³/mol. The molecule has 2 heterocycles. The lowest BCUT2D eigenvalue weighted by Gasteiger charge is -2.13. The minimum atomic E-state index is -0.315. The fourth-order valence-corrected chi connectivity index (χ4v) is 2.36. The number of hydrogen-bond donors (Lipinski definition) is 3. The summed E-state index contributed by atoms with van der Waals surface area (Å²) in [6.45, 7) is 2.65. The Morgan fingerprint density at radius 2 is 2.00 bits per heavy atom. The summed E-state index contributed by atoms with van der Waals surface area (Å²) >= 11 is 0. The molecule has 7 heteroatoms. The zero-order valence-corrected chi connectivity index (χ0v) is 13.3. The molecule has 0 bridgehead atoms. The molecule has 7 nitrogen and oxygen atoms in total. The summed E-state index contributed by atoms with van der Waals surface area (Å²) in [6.07, 6.45) is 4.31. The van der Waals surface area contributed by atoms with E-state index in [4.69, 9.17) is 16.6 Å². The normalized spacial score (nSPS) is 12.3. The number of hydrogen-bond acceptors (Lipinski definition) is 6. The molecule has 5 N–H and O–H groups in total. The molecule has 0 aliphatic rings. The number of anilines is 2. The van der Waals surface area contributed by atoms with E-state index < -0.39 is 0 Å². The van der Waals surface area contributed by atoms with E-state index in [-0.39, 0.29) is 18.1 Å². The van der Waals surface area contributed by atoms with E-state index in [0.29, 0.717) is 24.0 Å². The fraction of sp³-hybridized carbons (Fsp3) is 0.438. The van der Waals surface area contributed by atoms with Crippen LogP contribution >= 0.6 is 0 Å². The first-order chi connectivity index (χ1) is 11.0. The number of rotatable bonds is 7. The monoisotopic (exact) mass is 317 g/mol. The Morgan fingerprint density at radius 1 is 1.22 bits per heavy atom. The summed E-state index contributed by atoms with van der Waals surface area (Å²) in [5, 5.41) is 9.03. The average Bonchev–Trinajstić information content (AvgIpc) is 2.52. The molecule has 0 radical (unpaired) electrons. The summed E-state index contributed by atoms with van der Waals surface area (Å²) in [6, 6.07) is 5.33. The highest BCUT2D eigenvalue weighted by Crippen LogP contribution is 2.17. The first-order valence-electron chi connectivity index (χ1n) is 7.67. The maximum Gasteiger partial charge on any atom is 0.349 e. The number of aliphatic hydroxyl groups is 1. The molecule has 1 unspecified atom stereocenters. The highest BCUT2D eigenvalue weighted by atomic mass is 16.3. The molecule has 1 atom stereocenters. The van der Waals surface area contributed by atoms with Crippen LogP contribution in [0.1, 0.15) is 31.0 Å². The lowest BCUT2D eigenvalue weighted by Crippen LogP contribution is -2.24. The summed E-state index contributed by atoms with van der Waals surface area (Å²) in [5.41, 5.74) is 12.6. The molecule has 0 amide bonds. The Balaban J connectivity index is 1.85. The van der Waals surface area contributed by atoms with Crippen molar-refractivity contribution in [2.75, 3.05) is 11.5 Å². The second kappa shape index (κ2) is 7.73. The molecule has 2 rings (SSSR count). The lowest BCUT2D eigenvalue weighted by molar-refractivity contribution is 0.277. The van der Waals surface area contributed by atoms with E-state index in [1.165, 1.54) is 0 Å². The standard InChI is InChI=1S/C16H23N5O2/c1-11(6-8-21-9-7-14(17)20-16(21)23)2-3-12-4-5-13(10-22)19-15(12)18/h4-5,7,9,11,22H,2-3,6,8,10H2,1H3,(H2,18,19)(H2,17,20,23). The Hall–Kier alpha value is -2.41. The van der Waals surface area contributed by atoms with Gasteiger partial charge >= 0.3 is 5.69 Å². The zero-order chi connectivity index (χ0) is 16.8. The summed E-state index contributed by atoms with van der Waals surface area (Å²) < 4.78 is 1.57. The van der Waals surface area contributed by atoms with Gasteiger partial charge in [0.1, 0.15) is 11.6 Å². The number of aromatic nitrogens is 3. The number of pyridine rings is 1. The van der Waals surface area contributed by atoms with E-state index in [1.807, 2.05) is 6.07 Å². The highest BCUT2D eigenvalue weighted by molar-refractivity contribution is 5.40. The second-order valence-corrected chi connectivity index (χ2v) is 5.77. The van der Waals surface area contributed by atoms with Crippen molar-refractivity contribution in [1.82, 2.24) is 14.5 Å². The van der Waals surface area contributed by atoms with Crippen LogP contribution in [-0.2, 0) is 19.6 Å². The molecule has 2 aromatic rings. The van der Waals surface area contributed by atoms with E-state index in [2.05, 4.69) is 16.9 Å². The molecule has 0 saturated heterocycles. The minimum absolute atomic E-state index is 0.106. The van der Waals surface area contributed by atoms with Crippen molar-refractivity contribution in [3.63, 3.8) is 0 Å². The molecule has 0 saturated carbocycles. The Morgan fingerprint density at radius 3 is 2.65 bits per heavy atom. The highest BCUT2D eigenvalue weighted by Gasteiger charge is 2.08. The fourth-order valence-electron chi connectivity index (χ4n) is 2.36. The van der Waals surface area contributed by atoms with E-state index in [1.54, 1.807) is 22.9 Å². The first kappa shape index (κ1) is 17.0. The molecular formula is C16H23N5O2. The molecule has 0 fully saturated rings. The lowest BCUT2D eigenvalue weighted by atomic mass is 9.98. The summed E-state index contributed by atoms with van der Waals surface area (Å²) in [7, 11) is 0. The second-order valence-electron chi connectivity index (χ2n) is 5.77. The van der Waals surface area contributed by atoms with Gasteiger partial charge in [-0.2, -0.15) is 4.98 Å². The zero-order valence-electron chi connectivity index (χ0n) is 13.3. The van der Waals surface area contributed by atoms with E-state index >= 15 is 0 Å².